The van der Waals surface area contributed by atoms with Crippen LogP contribution in [-0.4, -0.2) is 46.1 Å². The van der Waals surface area contributed by atoms with Gasteiger partial charge in [0.1, 0.15) is 5.37 Å². The molecule has 0 aromatic rings. The smallest absolute Gasteiger partial charge is 0.236 e. The largest absolute Gasteiger partial charge is 0.392 e. The summed E-state index contributed by atoms with van der Waals surface area (Å²) < 4.78 is 1.10. The topological polar surface area (TPSA) is 69.6 Å². The minimum absolute atomic E-state index is 0.0243. The zero-order chi connectivity index (χ0) is 14.9. The normalized spacial score (nSPS) is 26.4. The third-order valence-corrected chi connectivity index (χ3v) is 6.51. The minimum atomic E-state index is -0.556. The van der Waals surface area contributed by atoms with Gasteiger partial charge in [-0.15, -0.1) is 11.8 Å². The second kappa shape index (κ2) is 6.41. The Kier molecular flexibility index (Phi) is 5.04. The molecule has 0 aromatic carbocycles. The van der Waals surface area contributed by atoms with Crippen molar-refractivity contribution in [3.05, 3.63) is 9.93 Å². The molecule has 1 fully saturated rings. The lowest BCUT2D eigenvalue weighted by atomic mass is 9.90. The van der Waals surface area contributed by atoms with Gasteiger partial charge >= 0.3 is 0 Å². The standard InChI is InChI=1S/C13H20N2O3S2/c1-4-8(16)10-11(18)15-7(2)13(20-12(10)15)19-6-5-9(17)14-3/h8,10,12,16H,4-6H2,1-3H3,(H,14,17)/t8-,10+,12+/m0/s1. The Labute approximate surface area is 127 Å². The van der Waals surface area contributed by atoms with Crippen molar-refractivity contribution in [1.82, 2.24) is 10.2 Å². The molecule has 5 nitrogen and oxygen atoms in total. The van der Waals surface area contributed by atoms with Crippen LogP contribution in [0.1, 0.15) is 26.7 Å². The fraction of sp³-hybridized carbons (Fsp3) is 0.692. The lowest BCUT2D eigenvalue weighted by Gasteiger charge is -2.44. The Hall–Kier alpha value is -0.660. The molecule has 20 heavy (non-hydrogen) atoms. The minimum Gasteiger partial charge on any atom is -0.392 e. The van der Waals surface area contributed by atoms with E-state index in [1.807, 2.05) is 13.8 Å². The quantitative estimate of drug-likeness (QED) is 0.724. The number of amides is 2. The highest BCUT2D eigenvalue weighted by molar-refractivity contribution is 8.22. The molecule has 0 aliphatic carbocycles. The van der Waals surface area contributed by atoms with Gasteiger partial charge in [0.05, 0.1) is 16.3 Å². The van der Waals surface area contributed by atoms with Crippen LogP contribution < -0.4 is 5.32 Å². The van der Waals surface area contributed by atoms with Crippen molar-refractivity contribution in [2.75, 3.05) is 12.8 Å². The number of nitrogens with zero attached hydrogens (tertiary/aromatic N) is 1. The summed E-state index contributed by atoms with van der Waals surface area (Å²) in [5.41, 5.74) is 0.964. The van der Waals surface area contributed by atoms with Crippen LogP contribution in [0.25, 0.3) is 0 Å². The second-order valence-corrected chi connectivity index (χ2v) is 7.35. The first kappa shape index (κ1) is 15.7. The van der Waals surface area contributed by atoms with Crippen LogP contribution in [0.15, 0.2) is 9.93 Å². The van der Waals surface area contributed by atoms with Gasteiger partial charge in [0.25, 0.3) is 0 Å². The van der Waals surface area contributed by atoms with E-state index in [2.05, 4.69) is 5.32 Å². The fourth-order valence-corrected chi connectivity index (χ4v) is 5.27. The van der Waals surface area contributed by atoms with Gasteiger partial charge in [0, 0.05) is 24.9 Å². The number of fused-ring (bicyclic) bond motifs is 1. The molecule has 0 radical (unpaired) electrons. The number of aliphatic hydroxyl groups is 1. The number of carbonyl (C=O) groups is 2. The first-order valence-corrected chi connectivity index (χ1v) is 8.59. The average molecular weight is 316 g/mol. The van der Waals surface area contributed by atoms with E-state index in [-0.39, 0.29) is 23.1 Å². The summed E-state index contributed by atoms with van der Waals surface area (Å²) in [6, 6.07) is 0. The average Bonchev–Trinajstić information content (AvgIpc) is 2.71. The predicted octanol–water partition coefficient (Wildman–Crippen LogP) is 1.35. The third kappa shape index (κ3) is 2.71. The van der Waals surface area contributed by atoms with Gasteiger partial charge in [0.2, 0.25) is 11.8 Å². The highest BCUT2D eigenvalue weighted by atomic mass is 32.2. The van der Waals surface area contributed by atoms with Crippen molar-refractivity contribution >= 4 is 35.3 Å². The zero-order valence-electron chi connectivity index (χ0n) is 11.9. The van der Waals surface area contributed by atoms with Crippen LogP contribution in [-0.2, 0) is 9.59 Å². The molecule has 0 aromatic heterocycles. The molecule has 2 aliphatic heterocycles. The van der Waals surface area contributed by atoms with E-state index in [1.54, 1.807) is 35.5 Å². The Bertz CT molecular complexity index is 453. The molecule has 2 rings (SSSR count). The summed E-state index contributed by atoms with van der Waals surface area (Å²) in [6.45, 7) is 3.82. The number of rotatable bonds is 6. The number of β-lactam (4-membered cyclic amide) rings is 1. The van der Waals surface area contributed by atoms with Crippen LogP contribution in [0.3, 0.4) is 0 Å². The second-order valence-electron chi connectivity index (χ2n) is 4.86. The summed E-state index contributed by atoms with van der Waals surface area (Å²) in [5, 5.41) is 12.5. The molecule has 2 aliphatic rings. The van der Waals surface area contributed by atoms with E-state index in [4.69, 9.17) is 0 Å². The summed E-state index contributed by atoms with van der Waals surface area (Å²) in [4.78, 5) is 25.0. The number of nitrogens with one attached hydrogen (secondary N) is 1. The van der Waals surface area contributed by atoms with Crippen molar-refractivity contribution < 1.29 is 14.7 Å². The molecule has 0 spiro atoms. The van der Waals surface area contributed by atoms with Gasteiger partial charge in [-0.3, -0.25) is 9.59 Å². The fourth-order valence-electron chi connectivity index (χ4n) is 2.37. The van der Waals surface area contributed by atoms with Gasteiger partial charge < -0.3 is 15.3 Å². The number of hydrogen-bond donors (Lipinski definition) is 2. The van der Waals surface area contributed by atoms with Crippen LogP contribution >= 0.6 is 23.5 Å². The van der Waals surface area contributed by atoms with E-state index in [1.165, 1.54) is 0 Å². The number of hydrogen-bond acceptors (Lipinski definition) is 5. The first-order valence-electron chi connectivity index (χ1n) is 6.73. The molecule has 112 valence electrons. The van der Waals surface area contributed by atoms with E-state index in [0.29, 0.717) is 18.6 Å². The van der Waals surface area contributed by atoms with Crippen molar-refractivity contribution in [2.24, 2.45) is 5.92 Å². The van der Waals surface area contributed by atoms with Gasteiger partial charge in [0.15, 0.2) is 0 Å². The molecular weight excluding hydrogens is 296 g/mol. The van der Waals surface area contributed by atoms with E-state index < -0.39 is 6.10 Å². The van der Waals surface area contributed by atoms with Crippen molar-refractivity contribution in [2.45, 2.75) is 38.2 Å². The lowest BCUT2D eigenvalue weighted by Crippen LogP contribution is -2.60. The number of thioether (sulfide) groups is 2. The van der Waals surface area contributed by atoms with Crippen molar-refractivity contribution in [3.8, 4) is 0 Å². The summed E-state index contributed by atoms with van der Waals surface area (Å²) >= 11 is 3.25. The molecule has 3 atom stereocenters. The molecule has 1 saturated heterocycles. The molecule has 2 heterocycles. The van der Waals surface area contributed by atoms with Crippen LogP contribution in [0.4, 0.5) is 0 Å². The van der Waals surface area contributed by atoms with Gasteiger partial charge in [-0.05, 0) is 13.3 Å². The summed E-state index contributed by atoms with van der Waals surface area (Å²) in [7, 11) is 1.63. The maximum atomic E-state index is 12.1. The summed E-state index contributed by atoms with van der Waals surface area (Å²) in [5.74, 6) is 0.473. The molecular formula is C13H20N2O3S2. The zero-order valence-corrected chi connectivity index (χ0v) is 13.5. The highest BCUT2D eigenvalue weighted by Crippen LogP contribution is 2.53. The SMILES string of the molecule is CC[C@H](O)[C@@H]1C(=O)N2C(C)=C(SCCC(=O)NC)S[C@H]12. The Morgan fingerprint density at radius 1 is 1.60 bits per heavy atom. The number of allylic oxidation sites excluding steroid dienone is 1. The van der Waals surface area contributed by atoms with Crippen LogP contribution in [0, 0.1) is 5.92 Å². The molecule has 2 N–H and O–H groups in total. The van der Waals surface area contributed by atoms with E-state index in [9.17, 15) is 14.7 Å². The predicted molar refractivity (Wildman–Crippen MR) is 81.9 cm³/mol. The Morgan fingerprint density at radius 3 is 2.90 bits per heavy atom. The Balaban J connectivity index is 1.92. The monoisotopic (exact) mass is 316 g/mol. The maximum Gasteiger partial charge on any atom is 0.236 e. The number of aliphatic hydroxyl groups excluding tert-OH is 1. The van der Waals surface area contributed by atoms with Gasteiger partial charge in [-0.25, -0.2) is 0 Å². The lowest BCUT2D eigenvalue weighted by molar-refractivity contribution is -0.153. The van der Waals surface area contributed by atoms with Gasteiger partial charge in [-0.2, -0.15) is 0 Å². The number of carbonyl (C=O) groups excluding carboxylic acids is 2. The van der Waals surface area contributed by atoms with Crippen molar-refractivity contribution in [1.29, 1.82) is 0 Å². The van der Waals surface area contributed by atoms with Gasteiger partial charge in [-0.1, -0.05) is 18.7 Å². The Morgan fingerprint density at radius 2 is 2.30 bits per heavy atom. The molecule has 7 heteroatoms. The maximum absolute atomic E-state index is 12.1. The molecule has 0 unspecified atom stereocenters. The molecule has 0 saturated carbocycles. The van der Waals surface area contributed by atoms with Crippen LogP contribution in [0.5, 0.6) is 0 Å². The van der Waals surface area contributed by atoms with Crippen LogP contribution in [0.2, 0.25) is 0 Å². The molecule has 0 bridgehead atoms. The first-order chi connectivity index (χ1) is 9.51. The molecule has 2 amide bonds. The highest BCUT2D eigenvalue weighted by Gasteiger charge is 2.55. The summed E-state index contributed by atoms with van der Waals surface area (Å²) in [6.07, 6.45) is 0.511. The third-order valence-electron chi connectivity index (χ3n) is 3.64. The van der Waals surface area contributed by atoms with E-state index in [0.717, 1.165) is 9.93 Å². The van der Waals surface area contributed by atoms with E-state index >= 15 is 0 Å². The van der Waals surface area contributed by atoms with Crippen molar-refractivity contribution in [3.63, 3.8) is 0 Å².